The summed E-state index contributed by atoms with van der Waals surface area (Å²) in [5, 5.41) is 17.7. The molecule has 2 unspecified atom stereocenters. The van der Waals surface area contributed by atoms with Crippen LogP contribution >= 0.6 is 0 Å². The van der Waals surface area contributed by atoms with E-state index >= 15 is 0 Å². The van der Waals surface area contributed by atoms with E-state index in [9.17, 15) is 13.5 Å². The highest BCUT2D eigenvalue weighted by Crippen LogP contribution is 2.19. The lowest BCUT2D eigenvalue weighted by Crippen LogP contribution is -2.45. The molecule has 1 aliphatic rings. The quantitative estimate of drug-likeness (QED) is 0.680. The highest BCUT2D eigenvalue weighted by Gasteiger charge is 2.31. The van der Waals surface area contributed by atoms with Crippen LogP contribution in [0.2, 0.25) is 0 Å². The van der Waals surface area contributed by atoms with Crippen molar-refractivity contribution in [3.05, 3.63) is 0 Å². The zero-order valence-corrected chi connectivity index (χ0v) is 8.87. The lowest BCUT2D eigenvalue weighted by atomic mass is 9.99. The zero-order valence-electron chi connectivity index (χ0n) is 8.05. The van der Waals surface area contributed by atoms with Crippen LogP contribution in [0.5, 0.6) is 0 Å². The molecule has 1 heterocycles. The van der Waals surface area contributed by atoms with Gasteiger partial charge in [0.1, 0.15) is 0 Å². The van der Waals surface area contributed by atoms with E-state index in [2.05, 4.69) is 0 Å². The van der Waals surface area contributed by atoms with Gasteiger partial charge in [-0.1, -0.05) is 6.92 Å². The average molecular weight is 218 g/mol. The molecule has 0 aromatic heterocycles. The van der Waals surface area contributed by atoms with Gasteiger partial charge < -0.3 is 5.11 Å². The summed E-state index contributed by atoms with van der Waals surface area (Å²) in [6, 6.07) is 1.64. The first-order valence-corrected chi connectivity index (χ1v) is 6.11. The van der Waals surface area contributed by atoms with Crippen LogP contribution in [0.3, 0.4) is 0 Å². The van der Waals surface area contributed by atoms with Crippen LogP contribution in [-0.4, -0.2) is 42.8 Å². The van der Waals surface area contributed by atoms with Gasteiger partial charge in [-0.3, -0.25) is 0 Å². The fraction of sp³-hybridized carbons (Fsp3) is 0.875. The maximum absolute atomic E-state index is 11.5. The lowest BCUT2D eigenvalue weighted by molar-refractivity contribution is 0.0630. The van der Waals surface area contributed by atoms with E-state index in [4.69, 9.17) is 5.26 Å². The molecule has 0 amide bonds. The molecule has 0 aromatic rings. The van der Waals surface area contributed by atoms with Gasteiger partial charge in [0.15, 0.2) is 5.75 Å². The summed E-state index contributed by atoms with van der Waals surface area (Å²) < 4.78 is 24.2. The summed E-state index contributed by atoms with van der Waals surface area (Å²) in [6.07, 6.45) is 0.0229. The molecular formula is C8H14N2O3S. The van der Waals surface area contributed by atoms with Crippen molar-refractivity contribution in [2.24, 2.45) is 5.92 Å². The van der Waals surface area contributed by atoms with Crippen molar-refractivity contribution in [1.82, 2.24) is 4.31 Å². The molecule has 0 radical (unpaired) electrons. The minimum absolute atomic E-state index is 0.0581. The van der Waals surface area contributed by atoms with Gasteiger partial charge in [-0.15, -0.1) is 0 Å². The third-order valence-corrected chi connectivity index (χ3v) is 4.08. The standard InChI is InChI=1S/C8H14N2O3S/c1-7-6-10(4-2-8(7)11)14(12,13)5-3-9/h7-8,11H,2,4-6H2,1H3. The first kappa shape index (κ1) is 11.4. The van der Waals surface area contributed by atoms with Gasteiger partial charge in [0.05, 0.1) is 12.2 Å². The fourth-order valence-electron chi connectivity index (χ4n) is 1.52. The number of nitrogens with zero attached hydrogens (tertiary/aromatic N) is 2. The van der Waals surface area contributed by atoms with Crippen molar-refractivity contribution in [3.63, 3.8) is 0 Å². The van der Waals surface area contributed by atoms with Gasteiger partial charge >= 0.3 is 0 Å². The van der Waals surface area contributed by atoms with Crippen LogP contribution < -0.4 is 0 Å². The van der Waals surface area contributed by atoms with Crippen LogP contribution in [0, 0.1) is 17.2 Å². The largest absolute Gasteiger partial charge is 0.393 e. The van der Waals surface area contributed by atoms with Gasteiger partial charge in [-0.25, -0.2) is 12.7 Å². The molecular weight excluding hydrogens is 204 g/mol. The number of rotatable bonds is 2. The summed E-state index contributed by atoms with van der Waals surface area (Å²) in [6.45, 7) is 2.43. The van der Waals surface area contributed by atoms with E-state index in [1.54, 1.807) is 13.0 Å². The Morgan fingerprint density at radius 1 is 1.64 bits per heavy atom. The summed E-state index contributed by atoms with van der Waals surface area (Å²) in [4.78, 5) is 0. The second-order valence-electron chi connectivity index (χ2n) is 3.61. The minimum atomic E-state index is -3.43. The van der Waals surface area contributed by atoms with Crippen molar-refractivity contribution in [1.29, 1.82) is 5.26 Å². The zero-order chi connectivity index (χ0) is 10.8. The summed E-state index contributed by atoms with van der Waals surface area (Å²) in [7, 11) is -3.43. The van der Waals surface area contributed by atoms with Crippen LogP contribution in [0.25, 0.3) is 0 Å². The number of aliphatic hydroxyl groups excluding tert-OH is 1. The van der Waals surface area contributed by atoms with E-state index in [1.165, 1.54) is 4.31 Å². The Labute approximate surface area is 84.0 Å². The monoisotopic (exact) mass is 218 g/mol. The first-order chi connectivity index (χ1) is 6.47. The summed E-state index contributed by atoms with van der Waals surface area (Å²) in [5.41, 5.74) is 0. The fourth-order valence-corrected chi connectivity index (χ4v) is 2.71. The summed E-state index contributed by atoms with van der Waals surface area (Å²) in [5.74, 6) is -0.535. The van der Waals surface area contributed by atoms with Gasteiger partial charge in [0, 0.05) is 13.1 Å². The Kier molecular flexibility index (Phi) is 3.48. The number of sulfonamides is 1. The number of hydrogen-bond donors (Lipinski definition) is 1. The lowest BCUT2D eigenvalue weighted by Gasteiger charge is -2.32. The maximum Gasteiger partial charge on any atom is 0.227 e. The molecule has 0 bridgehead atoms. The van der Waals surface area contributed by atoms with E-state index in [0.29, 0.717) is 19.5 Å². The van der Waals surface area contributed by atoms with Crippen molar-refractivity contribution in [3.8, 4) is 6.07 Å². The normalized spacial score (nSPS) is 29.8. The molecule has 0 saturated carbocycles. The van der Waals surface area contributed by atoms with E-state index in [-0.39, 0.29) is 5.92 Å². The number of aliphatic hydroxyl groups is 1. The molecule has 5 nitrogen and oxygen atoms in total. The Balaban J connectivity index is 2.69. The molecule has 1 N–H and O–H groups in total. The molecule has 6 heteroatoms. The minimum Gasteiger partial charge on any atom is -0.393 e. The molecule has 0 aliphatic carbocycles. The van der Waals surface area contributed by atoms with Gasteiger partial charge in [0.2, 0.25) is 10.0 Å². The average Bonchev–Trinajstić information content (AvgIpc) is 2.09. The molecule has 14 heavy (non-hydrogen) atoms. The molecule has 0 aromatic carbocycles. The van der Waals surface area contributed by atoms with Crippen LogP contribution in [0.1, 0.15) is 13.3 Å². The van der Waals surface area contributed by atoms with Crippen molar-refractivity contribution in [2.75, 3.05) is 18.8 Å². The van der Waals surface area contributed by atoms with Gasteiger partial charge in [-0.05, 0) is 12.3 Å². The topological polar surface area (TPSA) is 81.4 Å². The molecule has 0 spiro atoms. The van der Waals surface area contributed by atoms with Crippen LogP contribution in [-0.2, 0) is 10.0 Å². The Morgan fingerprint density at radius 2 is 2.29 bits per heavy atom. The second kappa shape index (κ2) is 4.26. The molecule has 1 fully saturated rings. The second-order valence-corrected chi connectivity index (χ2v) is 5.57. The third kappa shape index (κ3) is 2.44. The van der Waals surface area contributed by atoms with Crippen molar-refractivity contribution < 1.29 is 13.5 Å². The number of hydrogen-bond acceptors (Lipinski definition) is 4. The van der Waals surface area contributed by atoms with Gasteiger partial charge in [0.25, 0.3) is 0 Å². The van der Waals surface area contributed by atoms with Crippen LogP contribution in [0.15, 0.2) is 0 Å². The Bertz CT molecular complexity index is 333. The van der Waals surface area contributed by atoms with E-state index in [1.807, 2.05) is 0 Å². The molecule has 1 saturated heterocycles. The molecule has 2 atom stereocenters. The van der Waals surface area contributed by atoms with E-state index in [0.717, 1.165) is 0 Å². The Morgan fingerprint density at radius 3 is 2.79 bits per heavy atom. The predicted octanol–water partition coefficient (Wildman–Crippen LogP) is -0.458. The van der Waals surface area contributed by atoms with E-state index < -0.39 is 21.9 Å². The van der Waals surface area contributed by atoms with Crippen LogP contribution in [0.4, 0.5) is 0 Å². The number of piperidine rings is 1. The van der Waals surface area contributed by atoms with Crippen molar-refractivity contribution >= 4 is 10.0 Å². The molecule has 1 rings (SSSR count). The first-order valence-electron chi connectivity index (χ1n) is 4.50. The SMILES string of the molecule is CC1CN(S(=O)(=O)CC#N)CCC1O. The molecule has 1 aliphatic heterocycles. The summed E-state index contributed by atoms with van der Waals surface area (Å²) >= 11 is 0. The molecule has 80 valence electrons. The van der Waals surface area contributed by atoms with Crippen molar-refractivity contribution in [2.45, 2.75) is 19.4 Å². The predicted molar refractivity (Wildman–Crippen MR) is 50.8 cm³/mol. The maximum atomic E-state index is 11.5. The number of nitriles is 1. The van der Waals surface area contributed by atoms with Gasteiger partial charge in [-0.2, -0.15) is 5.26 Å². The smallest absolute Gasteiger partial charge is 0.227 e. The highest BCUT2D eigenvalue weighted by molar-refractivity contribution is 7.89. The highest BCUT2D eigenvalue weighted by atomic mass is 32.2. The third-order valence-electron chi connectivity index (χ3n) is 2.46. The Hall–Kier alpha value is -0.640.